The molecule has 0 saturated heterocycles. The van der Waals surface area contributed by atoms with Crippen LogP contribution in [0.3, 0.4) is 0 Å². The highest BCUT2D eigenvalue weighted by molar-refractivity contribution is 5.73. The van der Waals surface area contributed by atoms with Crippen molar-refractivity contribution in [2.45, 2.75) is 92.6 Å². The highest BCUT2D eigenvalue weighted by Crippen LogP contribution is 2.10. The van der Waals surface area contributed by atoms with Gasteiger partial charge in [0.2, 0.25) is 5.91 Å². The molecule has 0 heterocycles. The molecule has 33 heavy (non-hydrogen) atoms. The number of carbonyl (C=O) groups excluding carboxylic acids is 3. The van der Waals surface area contributed by atoms with Crippen LogP contribution in [-0.2, 0) is 25.5 Å². The van der Waals surface area contributed by atoms with Gasteiger partial charge >= 0.3 is 12.1 Å². The fraction of sp³-hybridized carbons (Fsp3) is 0.654. The number of ether oxygens (including phenoxy) is 2. The molecule has 190 valence electrons. The number of benzene rings is 1. The predicted octanol–water partition coefficient (Wildman–Crippen LogP) is 5.32. The van der Waals surface area contributed by atoms with Crippen LogP contribution in [0.1, 0.15) is 84.8 Å². The average molecular weight is 467 g/mol. The average Bonchev–Trinajstić information content (AvgIpc) is 2.74. The summed E-state index contributed by atoms with van der Waals surface area (Å²) in [5.74, 6) is -0.487. The molecule has 3 N–H and O–H groups in total. The smallest absolute Gasteiger partial charge is 0.407 e. The van der Waals surface area contributed by atoms with Gasteiger partial charge in [0.25, 0.3) is 0 Å². The van der Waals surface area contributed by atoms with Gasteiger partial charge in [-0.25, -0.2) is 4.79 Å². The number of unbranched alkanes of at least 4 members (excludes halogenated alkanes) is 1. The van der Waals surface area contributed by atoms with Crippen molar-refractivity contribution in [1.82, 2.24) is 5.32 Å². The summed E-state index contributed by atoms with van der Waals surface area (Å²) < 4.78 is 9.73. The van der Waals surface area contributed by atoms with Gasteiger partial charge in [-0.1, -0.05) is 57.0 Å². The molecule has 0 spiro atoms. The Kier molecular flexibility index (Phi) is 18.7. The quantitative estimate of drug-likeness (QED) is 0.358. The number of alkyl carbamates (subject to hydrolysis) is 1. The first-order valence-electron chi connectivity index (χ1n) is 11.8. The summed E-state index contributed by atoms with van der Waals surface area (Å²) in [5.41, 5.74) is 7.11. The number of amides is 2. The third kappa shape index (κ3) is 21.1. The standard InChI is InChI=1S/C13H25NO4.C11H15NO.C2H6/c1-10(11(15)17-5)8-6-7-9-14-12(16)18-13(2,3)4;1-9-5-7-10(8-6-9)3-2-4-11(12)13;1-2/h10H,6-9H2,1-5H3,(H,14,16);5-8H,2-4H2,1H3,(H2,12,13);1-2H3/t10-;;/m0../s1. The molecule has 0 aliphatic carbocycles. The van der Waals surface area contributed by atoms with Crippen molar-refractivity contribution >= 4 is 18.0 Å². The molecule has 0 aliphatic rings. The van der Waals surface area contributed by atoms with Crippen LogP contribution in [0.15, 0.2) is 24.3 Å². The van der Waals surface area contributed by atoms with Gasteiger partial charge < -0.3 is 20.5 Å². The van der Waals surface area contributed by atoms with Crippen molar-refractivity contribution < 1.29 is 23.9 Å². The first-order chi connectivity index (χ1) is 15.4. The molecule has 0 fully saturated rings. The fourth-order valence-corrected chi connectivity index (χ4v) is 2.62. The summed E-state index contributed by atoms with van der Waals surface area (Å²) in [6, 6.07) is 8.35. The van der Waals surface area contributed by atoms with Crippen LogP contribution >= 0.6 is 0 Å². The fourth-order valence-electron chi connectivity index (χ4n) is 2.62. The third-order valence-electron chi connectivity index (χ3n) is 4.34. The number of hydrogen-bond acceptors (Lipinski definition) is 5. The molecule has 0 radical (unpaired) electrons. The third-order valence-corrected chi connectivity index (χ3v) is 4.34. The Labute approximate surface area is 200 Å². The first-order valence-corrected chi connectivity index (χ1v) is 11.8. The molecule has 0 aromatic heterocycles. The Balaban J connectivity index is 0. The van der Waals surface area contributed by atoms with Gasteiger partial charge in [-0.15, -0.1) is 0 Å². The highest BCUT2D eigenvalue weighted by Gasteiger charge is 2.16. The van der Waals surface area contributed by atoms with Crippen molar-refractivity contribution in [3.05, 3.63) is 35.4 Å². The van der Waals surface area contributed by atoms with Crippen LogP contribution in [0.4, 0.5) is 4.79 Å². The monoisotopic (exact) mass is 466 g/mol. The molecule has 0 unspecified atom stereocenters. The number of carbonyl (C=O) groups is 3. The van der Waals surface area contributed by atoms with E-state index in [9.17, 15) is 14.4 Å². The zero-order valence-corrected chi connectivity index (χ0v) is 22.0. The summed E-state index contributed by atoms with van der Waals surface area (Å²) in [6.07, 6.45) is 4.31. The molecule has 7 nitrogen and oxygen atoms in total. The maximum absolute atomic E-state index is 11.3. The highest BCUT2D eigenvalue weighted by atomic mass is 16.6. The summed E-state index contributed by atoms with van der Waals surface area (Å²) in [4.78, 5) is 32.9. The molecule has 7 heteroatoms. The Bertz CT molecular complexity index is 666. The number of nitrogens with two attached hydrogens (primary N) is 1. The van der Waals surface area contributed by atoms with Gasteiger partial charge in [0, 0.05) is 13.0 Å². The van der Waals surface area contributed by atoms with E-state index in [1.165, 1.54) is 18.2 Å². The van der Waals surface area contributed by atoms with E-state index in [4.69, 9.17) is 10.5 Å². The van der Waals surface area contributed by atoms with Crippen LogP contribution in [0.25, 0.3) is 0 Å². The molecular weight excluding hydrogens is 420 g/mol. The van der Waals surface area contributed by atoms with Crippen LogP contribution < -0.4 is 11.1 Å². The minimum Gasteiger partial charge on any atom is -0.469 e. The number of nitrogens with one attached hydrogen (secondary N) is 1. The molecular formula is C26H46N2O5. The second-order valence-corrected chi connectivity index (χ2v) is 8.65. The van der Waals surface area contributed by atoms with Crippen molar-refractivity contribution in [2.75, 3.05) is 13.7 Å². The zero-order valence-electron chi connectivity index (χ0n) is 22.0. The van der Waals surface area contributed by atoms with Gasteiger partial charge in [-0.2, -0.15) is 0 Å². The molecule has 1 aromatic carbocycles. The molecule has 1 rings (SSSR count). The van der Waals surface area contributed by atoms with Crippen LogP contribution in [0.5, 0.6) is 0 Å². The van der Waals surface area contributed by atoms with Gasteiger partial charge in [-0.3, -0.25) is 9.59 Å². The maximum atomic E-state index is 11.3. The molecule has 1 aromatic rings. The minimum absolute atomic E-state index is 0.0865. The number of methoxy groups -OCH3 is 1. The second kappa shape index (κ2) is 18.9. The van der Waals surface area contributed by atoms with E-state index in [1.807, 2.05) is 41.5 Å². The zero-order chi connectivity index (χ0) is 25.9. The van der Waals surface area contributed by atoms with E-state index < -0.39 is 11.7 Å². The topological polar surface area (TPSA) is 108 Å². The molecule has 0 saturated carbocycles. The molecule has 2 amide bonds. The van der Waals surface area contributed by atoms with Crippen LogP contribution in [-0.4, -0.2) is 37.2 Å². The van der Waals surface area contributed by atoms with Gasteiger partial charge in [0.15, 0.2) is 0 Å². The summed E-state index contributed by atoms with van der Waals surface area (Å²) in [7, 11) is 1.39. The number of primary amides is 1. The van der Waals surface area contributed by atoms with E-state index in [2.05, 4.69) is 41.2 Å². The van der Waals surface area contributed by atoms with E-state index in [1.54, 1.807) is 0 Å². The lowest BCUT2D eigenvalue weighted by Gasteiger charge is -2.19. The number of esters is 1. The summed E-state index contributed by atoms with van der Waals surface area (Å²) in [6.45, 7) is 13.9. The lowest BCUT2D eigenvalue weighted by molar-refractivity contribution is -0.145. The van der Waals surface area contributed by atoms with E-state index in [0.717, 1.165) is 32.1 Å². The SMILES string of the molecule is CC.COC(=O)[C@@H](C)CCCCNC(=O)OC(C)(C)C.Cc1ccc(CCCC(N)=O)cc1. The summed E-state index contributed by atoms with van der Waals surface area (Å²) in [5, 5.41) is 2.68. The van der Waals surface area contributed by atoms with Gasteiger partial charge in [-0.05, 0) is 58.9 Å². The largest absolute Gasteiger partial charge is 0.469 e. The molecule has 0 bridgehead atoms. The van der Waals surface area contributed by atoms with E-state index in [-0.39, 0.29) is 17.8 Å². The lowest BCUT2D eigenvalue weighted by Crippen LogP contribution is -2.33. The Morgan fingerprint density at radius 1 is 1.03 bits per heavy atom. The normalized spacial score (nSPS) is 11.0. The second-order valence-electron chi connectivity index (χ2n) is 8.65. The van der Waals surface area contributed by atoms with Crippen LogP contribution in [0, 0.1) is 12.8 Å². The first kappa shape index (κ1) is 32.6. The van der Waals surface area contributed by atoms with Crippen molar-refractivity contribution in [2.24, 2.45) is 11.7 Å². The maximum Gasteiger partial charge on any atom is 0.407 e. The number of hydrogen-bond donors (Lipinski definition) is 2. The summed E-state index contributed by atoms with van der Waals surface area (Å²) >= 11 is 0. The lowest BCUT2D eigenvalue weighted by atomic mass is 10.0. The van der Waals surface area contributed by atoms with Crippen LogP contribution in [0.2, 0.25) is 0 Å². The van der Waals surface area contributed by atoms with E-state index in [0.29, 0.717) is 13.0 Å². The van der Waals surface area contributed by atoms with E-state index >= 15 is 0 Å². The van der Waals surface area contributed by atoms with Crippen molar-refractivity contribution in [3.63, 3.8) is 0 Å². The van der Waals surface area contributed by atoms with Crippen molar-refractivity contribution in [3.8, 4) is 0 Å². The van der Waals surface area contributed by atoms with Gasteiger partial charge in [0.1, 0.15) is 5.60 Å². The predicted molar refractivity (Wildman–Crippen MR) is 134 cm³/mol. The number of rotatable bonds is 10. The molecule has 1 atom stereocenters. The Hall–Kier alpha value is -2.57. The Morgan fingerprint density at radius 3 is 2.09 bits per heavy atom. The Morgan fingerprint density at radius 2 is 1.61 bits per heavy atom. The van der Waals surface area contributed by atoms with Crippen molar-refractivity contribution in [1.29, 1.82) is 0 Å². The minimum atomic E-state index is -0.469. The molecule has 0 aliphatic heterocycles. The van der Waals surface area contributed by atoms with Gasteiger partial charge in [0.05, 0.1) is 13.0 Å². The number of aryl methyl sites for hydroxylation is 2.